The molecule has 1 atom stereocenters. The first kappa shape index (κ1) is 12.7. The lowest BCUT2D eigenvalue weighted by Crippen LogP contribution is -2.12. The van der Waals surface area contributed by atoms with Crippen LogP contribution in [0.25, 0.3) is 0 Å². The highest BCUT2D eigenvalue weighted by atomic mass is 16.4. The van der Waals surface area contributed by atoms with Crippen molar-refractivity contribution < 1.29 is 9.90 Å². The van der Waals surface area contributed by atoms with Gasteiger partial charge in [0, 0.05) is 5.69 Å². The molecule has 1 aliphatic carbocycles. The normalized spacial score (nSPS) is 15.6. The highest BCUT2D eigenvalue weighted by molar-refractivity contribution is 5.88. The standard InChI is InChI=1S/C17H17NO2/c19-17(20)14-8-10-15(11-9-14)18-16(13-6-7-13)12-4-2-1-3-5-12/h1-5,8-11,13,16,18H,6-7H2,(H,19,20). The first-order valence-corrected chi connectivity index (χ1v) is 6.89. The first-order valence-electron chi connectivity index (χ1n) is 6.89. The van der Waals surface area contributed by atoms with E-state index >= 15 is 0 Å². The minimum absolute atomic E-state index is 0.312. The maximum absolute atomic E-state index is 10.9. The summed E-state index contributed by atoms with van der Waals surface area (Å²) in [6.45, 7) is 0. The highest BCUT2D eigenvalue weighted by Crippen LogP contribution is 2.42. The van der Waals surface area contributed by atoms with Gasteiger partial charge in [-0.25, -0.2) is 4.79 Å². The van der Waals surface area contributed by atoms with E-state index in [1.807, 2.05) is 18.2 Å². The van der Waals surface area contributed by atoms with E-state index < -0.39 is 5.97 Å². The van der Waals surface area contributed by atoms with Crippen molar-refractivity contribution >= 4 is 11.7 Å². The van der Waals surface area contributed by atoms with E-state index in [1.54, 1.807) is 12.1 Å². The summed E-state index contributed by atoms with van der Waals surface area (Å²) in [4.78, 5) is 10.9. The van der Waals surface area contributed by atoms with Gasteiger partial charge in [-0.2, -0.15) is 0 Å². The zero-order valence-corrected chi connectivity index (χ0v) is 11.1. The highest BCUT2D eigenvalue weighted by Gasteiger charge is 2.32. The lowest BCUT2D eigenvalue weighted by molar-refractivity contribution is 0.0697. The Balaban J connectivity index is 1.78. The molecular weight excluding hydrogens is 250 g/mol. The Morgan fingerprint density at radius 3 is 2.25 bits per heavy atom. The van der Waals surface area contributed by atoms with Crippen LogP contribution < -0.4 is 5.32 Å². The van der Waals surface area contributed by atoms with Crippen molar-refractivity contribution in [1.82, 2.24) is 0 Å². The van der Waals surface area contributed by atoms with Crippen LogP contribution in [0.3, 0.4) is 0 Å². The van der Waals surface area contributed by atoms with Crippen LogP contribution in [0.15, 0.2) is 54.6 Å². The van der Waals surface area contributed by atoms with E-state index in [4.69, 9.17) is 5.11 Å². The molecule has 20 heavy (non-hydrogen) atoms. The summed E-state index contributed by atoms with van der Waals surface area (Å²) in [7, 11) is 0. The van der Waals surface area contributed by atoms with Crippen molar-refractivity contribution in [3.05, 3.63) is 65.7 Å². The summed E-state index contributed by atoms with van der Waals surface area (Å²) in [5, 5.41) is 12.4. The van der Waals surface area contributed by atoms with Gasteiger partial charge in [-0.3, -0.25) is 0 Å². The van der Waals surface area contributed by atoms with Crippen LogP contribution in [0.4, 0.5) is 5.69 Å². The molecule has 3 nitrogen and oxygen atoms in total. The summed E-state index contributed by atoms with van der Waals surface area (Å²) < 4.78 is 0. The van der Waals surface area contributed by atoms with Gasteiger partial charge in [0.1, 0.15) is 0 Å². The lowest BCUT2D eigenvalue weighted by Gasteiger charge is -2.20. The van der Waals surface area contributed by atoms with Gasteiger partial charge in [-0.15, -0.1) is 0 Å². The number of rotatable bonds is 5. The quantitative estimate of drug-likeness (QED) is 0.862. The Labute approximate surface area is 118 Å². The Hall–Kier alpha value is -2.29. The first-order chi connectivity index (χ1) is 9.74. The Morgan fingerprint density at radius 1 is 1.05 bits per heavy atom. The fraction of sp³-hybridized carbons (Fsp3) is 0.235. The van der Waals surface area contributed by atoms with Gasteiger partial charge in [-0.05, 0) is 48.6 Å². The molecule has 0 heterocycles. The fourth-order valence-electron chi connectivity index (χ4n) is 2.45. The average Bonchev–Trinajstić information content (AvgIpc) is 3.31. The summed E-state index contributed by atoms with van der Waals surface area (Å²) in [5.74, 6) is -0.213. The predicted molar refractivity (Wildman–Crippen MR) is 78.9 cm³/mol. The molecule has 102 valence electrons. The van der Waals surface area contributed by atoms with Gasteiger partial charge in [0.25, 0.3) is 0 Å². The second-order valence-electron chi connectivity index (χ2n) is 5.25. The molecule has 0 radical (unpaired) electrons. The molecule has 0 aromatic heterocycles. The molecule has 3 rings (SSSR count). The largest absolute Gasteiger partial charge is 0.478 e. The number of carboxylic acid groups (broad SMARTS) is 1. The van der Waals surface area contributed by atoms with Crippen LogP contribution in [0.2, 0.25) is 0 Å². The second-order valence-corrected chi connectivity index (χ2v) is 5.25. The van der Waals surface area contributed by atoms with Gasteiger partial charge in [0.15, 0.2) is 0 Å². The van der Waals surface area contributed by atoms with Crippen molar-refractivity contribution in [3.8, 4) is 0 Å². The second kappa shape index (κ2) is 5.37. The smallest absolute Gasteiger partial charge is 0.335 e. The van der Waals surface area contributed by atoms with E-state index in [0.717, 1.165) is 5.69 Å². The van der Waals surface area contributed by atoms with Crippen LogP contribution >= 0.6 is 0 Å². The van der Waals surface area contributed by atoms with Crippen LogP contribution in [-0.4, -0.2) is 11.1 Å². The maximum Gasteiger partial charge on any atom is 0.335 e. The van der Waals surface area contributed by atoms with Gasteiger partial charge >= 0.3 is 5.97 Å². The Bertz CT molecular complexity index is 588. The fourth-order valence-corrected chi connectivity index (χ4v) is 2.45. The molecule has 0 saturated heterocycles. The third-order valence-electron chi connectivity index (χ3n) is 3.71. The van der Waals surface area contributed by atoms with E-state index in [-0.39, 0.29) is 0 Å². The van der Waals surface area contributed by atoms with Crippen LogP contribution in [0.5, 0.6) is 0 Å². The molecule has 1 aliphatic rings. The van der Waals surface area contributed by atoms with Crippen LogP contribution in [0.1, 0.15) is 34.8 Å². The molecule has 2 aromatic carbocycles. The number of anilines is 1. The van der Waals surface area contributed by atoms with Gasteiger partial charge in [0.2, 0.25) is 0 Å². The molecule has 0 bridgehead atoms. The van der Waals surface area contributed by atoms with Crippen molar-refractivity contribution in [3.63, 3.8) is 0 Å². The minimum atomic E-state index is -0.890. The zero-order valence-electron chi connectivity index (χ0n) is 11.1. The van der Waals surface area contributed by atoms with E-state index in [9.17, 15) is 4.79 Å². The summed E-state index contributed by atoms with van der Waals surface area (Å²) in [6, 6.07) is 17.7. The average molecular weight is 267 g/mol. The van der Waals surface area contributed by atoms with Crippen LogP contribution in [0, 0.1) is 5.92 Å². The third-order valence-corrected chi connectivity index (χ3v) is 3.71. The summed E-state index contributed by atoms with van der Waals surface area (Å²) in [6.07, 6.45) is 2.50. The number of hydrogen-bond donors (Lipinski definition) is 2. The van der Waals surface area contributed by atoms with Gasteiger partial charge in [-0.1, -0.05) is 30.3 Å². The number of carboxylic acids is 1. The van der Waals surface area contributed by atoms with E-state index in [2.05, 4.69) is 29.6 Å². The summed E-state index contributed by atoms with van der Waals surface area (Å²) >= 11 is 0. The number of nitrogens with one attached hydrogen (secondary N) is 1. The van der Waals surface area contributed by atoms with E-state index in [1.165, 1.54) is 18.4 Å². The number of hydrogen-bond acceptors (Lipinski definition) is 2. The molecule has 1 saturated carbocycles. The van der Waals surface area contributed by atoms with Crippen molar-refractivity contribution in [2.24, 2.45) is 5.92 Å². The SMILES string of the molecule is O=C(O)c1ccc(NC(c2ccccc2)C2CC2)cc1. The molecule has 1 unspecified atom stereocenters. The van der Waals surface area contributed by atoms with E-state index in [0.29, 0.717) is 17.5 Å². The Kier molecular flexibility index (Phi) is 3.42. The van der Waals surface area contributed by atoms with Crippen molar-refractivity contribution in [2.75, 3.05) is 5.32 Å². The predicted octanol–water partition coefficient (Wildman–Crippen LogP) is 3.95. The van der Waals surface area contributed by atoms with Crippen LogP contribution in [-0.2, 0) is 0 Å². The molecule has 0 aliphatic heterocycles. The monoisotopic (exact) mass is 267 g/mol. The molecule has 1 fully saturated rings. The number of benzene rings is 2. The zero-order chi connectivity index (χ0) is 13.9. The van der Waals surface area contributed by atoms with Crippen molar-refractivity contribution in [2.45, 2.75) is 18.9 Å². The number of aromatic carboxylic acids is 1. The number of carbonyl (C=O) groups is 1. The molecule has 2 aromatic rings. The third kappa shape index (κ3) is 2.82. The molecule has 2 N–H and O–H groups in total. The lowest BCUT2D eigenvalue weighted by atomic mass is 10.0. The maximum atomic E-state index is 10.9. The molecule has 0 spiro atoms. The summed E-state index contributed by atoms with van der Waals surface area (Å²) in [5.41, 5.74) is 2.58. The Morgan fingerprint density at radius 2 is 1.70 bits per heavy atom. The topological polar surface area (TPSA) is 49.3 Å². The molecular formula is C17H17NO2. The van der Waals surface area contributed by atoms with Gasteiger partial charge < -0.3 is 10.4 Å². The molecule has 0 amide bonds. The minimum Gasteiger partial charge on any atom is -0.478 e. The molecule has 3 heteroatoms. The van der Waals surface area contributed by atoms with Gasteiger partial charge in [0.05, 0.1) is 11.6 Å². The van der Waals surface area contributed by atoms with Crippen molar-refractivity contribution in [1.29, 1.82) is 0 Å².